The van der Waals surface area contributed by atoms with E-state index in [2.05, 4.69) is 10.6 Å². The molecule has 0 heterocycles. The largest absolute Gasteiger partial charge is 0.362 e. The van der Waals surface area contributed by atoms with E-state index in [1.807, 2.05) is 24.3 Å². The first-order chi connectivity index (χ1) is 11.8. The number of rotatable bonds is 6. The zero-order valence-electron chi connectivity index (χ0n) is 14.0. The van der Waals surface area contributed by atoms with Gasteiger partial charge in [-0.1, -0.05) is 29.8 Å². The molecule has 0 aromatic heterocycles. The van der Waals surface area contributed by atoms with E-state index in [0.29, 0.717) is 22.4 Å². The molecule has 0 saturated carbocycles. The van der Waals surface area contributed by atoms with Gasteiger partial charge in [-0.2, -0.15) is 0 Å². The van der Waals surface area contributed by atoms with Crippen LogP contribution in [0.3, 0.4) is 0 Å². The van der Waals surface area contributed by atoms with Crippen molar-refractivity contribution in [2.24, 2.45) is 0 Å². The molecule has 0 bridgehead atoms. The first-order valence-electron chi connectivity index (χ1n) is 7.61. The van der Waals surface area contributed by atoms with Gasteiger partial charge in [-0.3, -0.25) is 0 Å². The molecule has 0 aliphatic heterocycles. The lowest BCUT2D eigenvalue weighted by Crippen LogP contribution is -2.30. The third-order valence-corrected chi connectivity index (χ3v) is 5.79. The summed E-state index contributed by atoms with van der Waals surface area (Å²) in [6.07, 6.45) is 0.800. The summed E-state index contributed by atoms with van der Waals surface area (Å²) < 4.78 is 25.5. The van der Waals surface area contributed by atoms with Gasteiger partial charge < -0.3 is 10.6 Å². The Labute approximate surface area is 159 Å². The lowest BCUT2D eigenvalue weighted by Gasteiger charge is -2.14. The predicted octanol–water partition coefficient (Wildman–Crippen LogP) is 3.12. The van der Waals surface area contributed by atoms with Crippen molar-refractivity contribution in [2.45, 2.75) is 11.3 Å². The zero-order chi connectivity index (χ0) is 18.4. The van der Waals surface area contributed by atoms with Gasteiger partial charge >= 0.3 is 0 Å². The lowest BCUT2D eigenvalue weighted by atomic mass is 10.1. The average Bonchev–Trinajstić information content (AvgIpc) is 2.56. The Hall–Kier alpha value is -1.67. The highest BCUT2D eigenvalue weighted by molar-refractivity contribution is 7.89. The smallest absolute Gasteiger partial charge is 0.242 e. The highest BCUT2D eigenvalue weighted by Crippen LogP contribution is 2.17. The molecular formula is C17H20ClN3O2S2. The lowest BCUT2D eigenvalue weighted by molar-refractivity contribution is 0.521. The van der Waals surface area contributed by atoms with E-state index in [1.54, 1.807) is 24.3 Å². The maximum atomic E-state index is 12.2. The van der Waals surface area contributed by atoms with E-state index in [1.165, 1.54) is 18.4 Å². The minimum Gasteiger partial charge on any atom is -0.362 e. The van der Waals surface area contributed by atoms with Gasteiger partial charge in [-0.05, 0) is 54.5 Å². The third kappa shape index (κ3) is 5.67. The fraction of sp³-hybridized carbons (Fsp3) is 0.235. The van der Waals surface area contributed by atoms with Gasteiger partial charge in [0.2, 0.25) is 10.0 Å². The molecule has 0 fully saturated rings. The summed E-state index contributed by atoms with van der Waals surface area (Å²) in [5.41, 5.74) is 1.77. The number of sulfonamides is 1. The molecule has 8 heteroatoms. The summed E-state index contributed by atoms with van der Waals surface area (Å²) in [6.45, 7) is 0.656. The monoisotopic (exact) mass is 397 g/mol. The molecule has 2 aromatic rings. The Morgan fingerprint density at radius 2 is 1.84 bits per heavy atom. The van der Waals surface area contributed by atoms with Crippen LogP contribution in [0.25, 0.3) is 0 Å². The topological polar surface area (TPSA) is 61.4 Å². The Kier molecular flexibility index (Phi) is 6.78. The van der Waals surface area contributed by atoms with Crippen LogP contribution in [0, 0.1) is 0 Å². The van der Waals surface area contributed by atoms with Crippen molar-refractivity contribution < 1.29 is 8.42 Å². The second-order valence-corrected chi connectivity index (χ2v) is 8.57. The number of thiocarbonyl (C=S) groups is 1. The molecule has 0 saturated heterocycles. The fourth-order valence-electron chi connectivity index (χ4n) is 2.09. The van der Waals surface area contributed by atoms with Crippen LogP contribution in [0.4, 0.5) is 5.69 Å². The van der Waals surface area contributed by atoms with Crippen molar-refractivity contribution in [1.82, 2.24) is 9.62 Å². The van der Waals surface area contributed by atoms with Crippen LogP contribution in [-0.4, -0.2) is 38.5 Å². The van der Waals surface area contributed by atoms with Crippen molar-refractivity contribution in [3.8, 4) is 0 Å². The first kappa shape index (κ1) is 19.7. The van der Waals surface area contributed by atoms with Gasteiger partial charge in [0.05, 0.1) is 4.90 Å². The summed E-state index contributed by atoms with van der Waals surface area (Å²) in [6, 6.07) is 14.2. The van der Waals surface area contributed by atoms with Crippen molar-refractivity contribution in [2.75, 3.05) is 26.0 Å². The van der Waals surface area contributed by atoms with Crippen LogP contribution < -0.4 is 10.6 Å². The van der Waals surface area contributed by atoms with Gasteiger partial charge in [0.1, 0.15) is 0 Å². The Balaban J connectivity index is 1.91. The molecule has 0 amide bonds. The summed E-state index contributed by atoms with van der Waals surface area (Å²) in [5.74, 6) is 0. The van der Waals surface area contributed by atoms with E-state index >= 15 is 0 Å². The van der Waals surface area contributed by atoms with Crippen LogP contribution >= 0.6 is 23.8 Å². The number of nitrogens with one attached hydrogen (secondary N) is 2. The molecule has 134 valence electrons. The van der Waals surface area contributed by atoms with Gasteiger partial charge in [0.25, 0.3) is 0 Å². The SMILES string of the molecule is CN(C)S(=O)(=O)c1cccc(NC(=S)NCCc2ccc(Cl)cc2)c1. The van der Waals surface area contributed by atoms with Gasteiger partial charge in [0, 0.05) is 31.4 Å². The summed E-state index contributed by atoms with van der Waals surface area (Å²) in [7, 11) is -0.476. The Morgan fingerprint density at radius 1 is 1.16 bits per heavy atom. The van der Waals surface area contributed by atoms with Gasteiger partial charge in [-0.25, -0.2) is 12.7 Å². The molecule has 2 aromatic carbocycles. The van der Waals surface area contributed by atoms with Crippen LogP contribution in [0.5, 0.6) is 0 Å². The predicted molar refractivity (Wildman–Crippen MR) is 107 cm³/mol. The van der Waals surface area contributed by atoms with Crippen molar-refractivity contribution in [3.63, 3.8) is 0 Å². The van der Waals surface area contributed by atoms with Crippen molar-refractivity contribution in [1.29, 1.82) is 0 Å². The van der Waals surface area contributed by atoms with E-state index in [0.717, 1.165) is 12.0 Å². The minimum absolute atomic E-state index is 0.214. The maximum absolute atomic E-state index is 12.2. The van der Waals surface area contributed by atoms with Crippen LogP contribution in [-0.2, 0) is 16.4 Å². The quantitative estimate of drug-likeness (QED) is 0.733. The third-order valence-electron chi connectivity index (χ3n) is 3.48. The number of benzene rings is 2. The van der Waals surface area contributed by atoms with Crippen molar-refractivity contribution in [3.05, 3.63) is 59.1 Å². The molecule has 25 heavy (non-hydrogen) atoms. The number of nitrogens with zero attached hydrogens (tertiary/aromatic N) is 1. The van der Waals surface area contributed by atoms with E-state index < -0.39 is 10.0 Å². The van der Waals surface area contributed by atoms with Crippen LogP contribution in [0.1, 0.15) is 5.56 Å². The number of hydrogen-bond donors (Lipinski definition) is 2. The molecule has 0 spiro atoms. The highest BCUT2D eigenvalue weighted by atomic mass is 35.5. The second kappa shape index (κ2) is 8.62. The van der Waals surface area contributed by atoms with E-state index in [4.69, 9.17) is 23.8 Å². The number of anilines is 1. The molecule has 5 nitrogen and oxygen atoms in total. The fourth-order valence-corrected chi connectivity index (χ4v) is 3.39. The van der Waals surface area contributed by atoms with Crippen LogP contribution in [0.2, 0.25) is 5.02 Å². The number of halogens is 1. The van der Waals surface area contributed by atoms with Gasteiger partial charge in [-0.15, -0.1) is 0 Å². The standard InChI is InChI=1S/C17H20ClN3O2S2/c1-21(2)25(22,23)16-5-3-4-15(12-16)20-17(24)19-11-10-13-6-8-14(18)9-7-13/h3-9,12H,10-11H2,1-2H3,(H2,19,20,24). The molecule has 0 radical (unpaired) electrons. The second-order valence-electron chi connectivity index (χ2n) is 5.57. The first-order valence-corrected chi connectivity index (χ1v) is 9.83. The number of hydrogen-bond acceptors (Lipinski definition) is 3. The average molecular weight is 398 g/mol. The molecule has 2 N–H and O–H groups in total. The maximum Gasteiger partial charge on any atom is 0.242 e. The molecule has 0 aliphatic rings. The Bertz CT molecular complexity index is 837. The summed E-state index contributed by atoms with van der Waals surface area (Å²) in [5, 5.41) is 7.26. The minimum atomic E-state index is -3.47. The van der Waals surface area contributed by atoms with E-state index in [-0.39, 0.29) is 4.90 Å². The molecule has 0 aliphatic carbocycles. The van der Waals surface area contributed by atoms with Crippen LogP contribution in [0.15, 0.2) is 53.4 Å². The molecular weight excluding hydrogens is 378 g/mol. The van der Waals surface area contributed by atoms with Crippen molar-refractivity contribution >= 4 is 44.6 Å². The Morgan fingerprint density at radius 3 is 2.48 bits per heavy atom. The molecule has 2 rings (SSSR count). The summed E-state index contributed by atoms with van der Waals surface area (Å²) in [4.78, 5) is 0.214. The highest BCUT2D eigenvalue weighted by Gasteiger charge is 2.17. The summed E-state index contributed by atoms with van der Waals surface area (Å²) >= 11 is 11.1. The molecule has 0 atom stereocenters. The van der Waals surface area contributed by atoms with Gasteiger partial charge in [0.15, 0.2) is 5.11 Å². The normalized spacial score (nSPS) is 11.4. The van der Waals surface area contributed by atoms with E-state index in [9.17, 15) is 8.42 Å². The zero-order valence-corrected chi connectivity index (χ0v) is 16.4. The molecule has 0 unspecified atom stereocenters.